The Hall–Kier alpha value is -0.353. The number of nitrogens with two attached hydrogens (primary N) is 1. The van der Waals surface area contributed by atoms with Gasteiger partial charge in [-0.05, 0) is 24.6 Å². The van der Waals surface area contributed by atoms with E-state index in [2.05, 4.69) is 40.8 Å². The van der Waals surface area contributed by atoms with E-state index in [-0.39, 0.29) is 10.9 Å². The lowest BCUT2D eigenvalue weighted by Gasteiger charge is -2.38. The summed E-state index contributed by atoms with van der Waals surface area (Å²) >= 11 is 0. The number of carbonyl (C=O) groups is 1. The van der Waals surface area contributed by atoms with Gasteiger partial charge in [-0.2, -0.15) is 0 Å². The molecule has 16 heavy (non-hydrogen) atoms. The molecule has 0 rings (SSSR count). The van der Waals surface area contributed by atoms with E-state index >= 15 is 0 Å². The SMILES string of the molecule is CCCC[C@@H](O[Si](C)(C)C(C)(C)C)C(N)=O. The number of hydrogen-bond donors (Lipinski definition) is 1. The molecular formula is C12H27NO2Si. The van der Waals surface area contributed by atoms with Crippen LogP contribution in [0.2, 0.25) is 18.1 Å². The third-order valence-electron chi connectivity index (χ3n) is 3.38. The zero-order chi connectivity index (χ0) is 13.0. The topological polar surface area (TPSA) is 52.3 Å². The van der Waals surface area contributed by atoms with E-state index in [0.717, 1.165) is 19.3 Å². The fourth-order valence-electron chi connectivity index (χ4n) is 1.18. The Balaban J connectivity index is 4.56. The first-order valence-electron chi connectivity index (χ1n) is 6.09. The lowest BCUT2D eigenvalue weighted by Crippen LogP contribution is -2.47. The minimum Gasteiger partial charge on any atom is -0.405 e. The average molecular weight is 245 g/mol. The molecule has 0 heterocycles. The number of rotatable bonds is 6. The van der Waals surface area contributed by atoms with Crippen molar-refractivity contribution in [3.63, 3.8) is 0 Å². The minimum atomic E-state index is -1.88. The molecule has 4 heteroatoms. The molecule has 0 saturated carbocycles. The number of primary amides is 1. The minimum absolute atomic E-state index is 0.118. The molecule has 0 radical (unpaired) electrons. The van der Waals surface area contributed by atoms with Gasteiger partial charge in [0.15, 0.2) is 8.32 Å². The quantitative estimate of drug-likeness (QED) is 0.731. The third kappa shape index (κ3) is 4.66. The van der Waals surface area contributed by atoms with Gasteiger partial charge in [0.1, 0.15) is 6.10 Å². The second-order valence-electron chi connectivity index (χ2n) is 5.91. The van der Waals surface area contributed by atoms with Crippen molar-refractivity contribution in [3.8, 4) is 0 Å². The van der Waals surface area contributed by atoms with Crippen molar-refractivity contribution < 1.29 is 9.22 Å². The highest BCUT2D eigenvalue weighted by atomic mass is 28.4. The van der Waals surface area contributed by atoms with Crippen LogP contribution in [0, 0.1) is 0 Å². The zero-order valence-electron chi connectivity index (χ0n) is 11.6. The Bertz CT molecular complexity index is 234. The molecule has 0 spiro atoms. The molecule has 96 valence electrons. The summed E-state index contributed by atoms with van der Waals surface area (Å²) in [6.45, 7) is 12.9. The summed E-state index contributed by atoms with van der Waals surface area (Å²) in [5.74, 6) is -0.321. The van der Waals surface area contributed by atoms with Crippen LogP contribution in [0.4, 0.5) is 0 Å². The number of amides is 1. The molecular weight excluding hydrogens is 218 g/mol. The van der Waals surface area contributed by atoms with E-state index in [4.69, 9.17) is 10.2 Å². The molecule has 0 aliphatic rings. The molecule has 0 unspecified atom stereocenters. The van der Waals surface area contributed by atoms with Crippen molar-refractivity contribution in [1.29, 1.82) is 0 Å². The van der Waals surface area contributed by atoms with Crippen molar-refractivity contribution in [2.24, 2.45) is 5.73 Å². The Morgan fingerprint density at radius 1 is 1.38 bits per heavy atom. The number of unbranched alkanes of at least 4 members (excludes halogenated alkanes) is 1. The van der Waals surface area contributed by atoms with Crippen molar-refractivity contribution in [1.82, 2.24) is 0 Å². The zero-order valence-corrected chi connectivity index (χ0v) is 12.6. The maximum Gasteiger partial charge on any atom is 0.245 e. The number of hydrogen-bond acceptors (Lipinski definition) is 2. The van der Waals surface area contributed by atoms with Crippen molar-refractivity contribution >= 4 is 14.2 Å². The van der Waals surface area contributed by atoms with Gasteiger partial charge in [-0.1, -0.05) is 40.5 Å². The van der Waals surface area contributed by atoms with E-state index in [1.165, 1.54) is 0 Å². The summed E-state index contributed by atoms with van der Waals surface area (Å²) in [5.41, 5.74) is 5.39. The van der Waals surface area contributed by atoms with Gasteiger partial charge < -0.3 is 10.2 Å². The lowest BCUT2D eigenvalue weighted by atomic mass is 10.1. The summed E-state index contributed by atoms with van der Waals surface area (Å²) in [6, 6.07) is 0. The molecule has 0 aliphatic heterocycles. The van der Waals surface area contributed by atoms with Gasteiger partial charge in [0.2, 0.25) is 5.91 Å². The van der Waals surface area contributed by atoms with Gasteiger partial charge in [-0.15, -0.1) is 0 Å². The fourth-order valence-corrected chi connectivity index (χ4v) is 2.48. The molecule has 0 fully saturated rings. The van der Waals surface area contributed by atoms with Crippen LogP contribution in [0.3, 0.4) is 0 Å². The van der Waals surface area contributed by atoms with Crippen LogP contribution in [0.15, 0.2) is 0 Å². The third-order valence-corrected chi connectivity index (χ3v) is 7.87. The molecule has 0 bridgehead atoms. The highest BCUT2D eigenvalue weighted by molar-refractivity contribution is 6.74. The first kappa shape index (κ1) is 15.6. The van der Waals surface area contributed by atoms with Crippen molar-refractivity contribution in [2.45, 2.75) is 71.2 Å². The fraction of sp³-hybridized carbons (Fsp3) is 0.917. The van der Waals surface area contributed by atoms with E-state index < -0.39 is 14.4 Å². The first-order valence-corrected chi connectivity index (χ1v) is 8.99. The van der Waals surface area contributed by atoms with Crippen LogP contribution in [-0.2, 0) is 9.22 Å². The number of carbonyl (C=O) groups excluding carboxylic acids is 1. The normalized spacial score (nSPS) is 14.9. The first-order chi connectivity index (χ1) is 7.12. The summed E-state index contributed by atoms with van der Waals surface area (Å²) < 4.78 is 6.03. The summed E-state index contributed by atoms with van der Waals surface area (Å²) in [4.78, 5) is 11.3. The Morgan fingerprint density at radius 2 is 1.88 bits per heavy atom. The van der Waals surface area contributed by atoms with E-state index in [1.807, 2.05) is 0 Å². The maximum atomic E-state index is 11.3. The van der Waals surface area contributed by atoms with Gasteiger partial charge >= 0.3 is 0 Å². The average Bonchev–Trinajstić information content (AvgIpc) is 2.09. The predicted octanol–water partition coefficient (Wildman–Crippen LogP) is 3.05. The summed E-state index contributed by atoms with van der Waals surface area (Å²) in [5, 5.41) is 0.118. The van der Waals surface area contributed by atoms with Crippen molar-refractivity contribution in [2.75, 3.05) is 0 Å². The highest BCUT2D eigenvalue weighted by Gasteiger charge is 2.40. The Morgan fingerprint density at radius 3 is 2.19 bits per heavy atom. The molecule has 0 aromatic rings. The van der Waals surface area contributed by atoms with Gasteiger partial charge in [-0.25, -0.2) is 0 Å². The van der Waals surface area contributed by atoms with Crippen LogP contribution < -0.4 is 5.73 Å². The predicted molar refractivity (Wildman–Crippen MR) is 70.8 cm³/mol. The molecule has 0 aliphatic carbocycles. The van der Waals surface area contributed by atoms with Gasteiger partial charge in [0.05, 0.1) is 0 Å². The largest absolute Gasteiger partial charge is 0.405 e. The van der Waals surface area contributed by atoms with Crippen molar-refractivity contribution in [3.05, 3.63) is 0 Å². The molecule has 2 N–H and O–H groups in total. The molecule has 1 amide bonds. The standard InChI is InChI=1S/C12H27NO2Si/c1-7-8-9-10(11(13)14)15-16(5,6)12(2,3)4/h10H,7-9H2,1-6H3,(H2,13,14)/t10-/m1/s1. The summed E-state index contributed by atoms with van der Waals surface area (Å²) in [6.07, 6.45) is 2.39. The Kier molecular flexibility index (Phi) is 5.69. The molecule has 0 aromatic carbocycles. The van der Waals surface area contributed by atoms with Crippen LogP contribution in [0.1, 0.15) is 47.0 Å². The molecule has 0 saturated heterocycles. The second kappa shape index (κ2) is 5.82. The highest BCUT2D eigenvalue weighted by Crippen LogP contribution is 2.37. The molecule has 3 nitrogen and oxygen atoms in total. The monoisotopic (exact) mass is 245 g/mol. The summed E-state index contributed by atoms with van der Waals surface area (Å²) in [7, 11) is -1.88. The van der Waals surface area contributed by atoms with Crippen LogP contribution in [0.5, 0.6) is 0 Å². The molecule has 0 aromatic heterocycles. The van der Waals surface area contributed by atoms with E-state index in [0.29, 0.717) is 0 Å². The van der Waals surface area contributed by atoms with E-state index in [1.54, 1.807) is 0 Å². The van der Waals surface area contributed by atoms with Crippen LogP contribution >= 0.6 is 0 Å². The van der Waals surface area contributed by atoms with Gasteiger partial charge in [0, 0.05) is 0 Å². The van der Waals surface area contributed by atoms with Gasteiger partial charge in [-0.3, -0.25) is 4.79 Å². The van der Waals surface area contributed by atoms with Crippen LogP contribution in [0.25, 0.3) is 0 Å². The van der Waals surface area contributed by atoms with Crippen LogP contribution in [-0.4, -0.2) is 20.3 Å². The smallest absolute Gasteiger partial charge is 0.245 e. The second-order valence-corrected chi connectivity index (χ2v) is 10.7. The molecule has 1 atom stereocenters. The Labute approximate surface area is 101 Å². The maximum absolute atomic E-state index is 11.3. The lowest BCUT2D eigenvalue weighted by molar-refractivity contribution is -0.125. The van der Waals surface area contributed by atoms with E-state index in [9.17, 15) is 4.79 Å². The van der Waals surface area contributed by atoms with Gasteiger partial charge in [0.25, 0.3) is 0 Å².